The van der Waals surface area contributed by atoms with Crippen molar-refractivity contribution >= 4 is 23.3 Å². The third kappa shape index (κ3) is 3.80. The Morgan fingerprint density at radius 2 is 1.69 bits per heavy atom. The van der Waals surface area contributed by atoms with Crippen molar-refractivity contribution in [1.29, 1.82) is 0 Å². The Kier molecular flexibility index (Phi) is 5.42. The minimum Gasteiger partial charge on any atom is -0.339 e. The summed E-state index contributed by atoms with van der Waals surface area (Å²) in [4.78, 5) is 27.1. The maximum atomic E-state index is 13.2. The molecule has 3 rings (SSSR count). The van der Waals surface area contributed by atoms with E-state index in [-0.39, 0.29) is 22.6 Å². The summed E-state index contributed by atoms with van der Waals surface area (Å²) in [6.45, 7) is 4.95. The van der Waals surface area contributed by atoms with Gasteiger partial charge in [0.05, 0.1) is 10.6 Å². The molecule has 0 aromatic heterocycles. The van der Waals surface area contributed by atoms with Gasteiger partial charge in [-0.2, -0.15) is 0 Å². The van der Waals surface area contributed by atoms with Crippen LogP contribution in [0.1, 0.15) is 44.7 Å². The van der Waals surface area contributed by atoms with Crippen LogP contribution in [-0.4, -0.2) is 29.7 Å². The number of hydrogen-bond donors (Lipinski definition) is 0. The summed E-state index contributed by atoms with van der Waals surface area (Å²) in [5, 5.41) is 0.114. The second kappa shape index (κ2) is 7.58. The number of hydrogen-bond acceptors (Lipinski definition) is 2. The minimum atomic E-state index is -0.468. The summed E-state index contributed by atoms with van der Waals surface area (Å²) in [6, 6.07) is 9.65. The first-order valence-electron chi connectivity index (χ1n) is 8.72. The average Bonchev–Trinajstić information content (AvgIpc) is 2.61. The lowest BCUT2D eigenvalue weighted by Gasteiger charge is -2.31. The summed E-state index contributed by atoms with van der Waals surface area (Å²) in [5.41, 5.74) is 3.19. The van der Waals surface area contributed by atoms with Gasteiger partial charge in [-0.05, 0) is 50.5 Å². The number of aryl methyl sites for hydroxylation is 2. The zero-order chi connectivity index (χ0) is 18.8. The molecule has 0 radical (unpaired) electrons. The molecule has 0 unspecified atom stereocenters. The van der Waals surface area contributed by atoms with E-state index in [0.29, 0.717) is 31.5 Å². The maximum absolute atomic E-state index is 13.2. The number of piperidine rings is 1. The lowest BCUT2D eigenvalue weighted by molar-refractivity contribution is 0.0650. The largest absolute Gasteiger partial charge is 0.339 e. The third-order valence-electron chi connectivity index (χ3n) is 4.96. The van der Waals surface area contributed by atoms with Gasteiger partial charge in [-0.3, -0.25) is 9.59 Å². The van der Waals surface area contributed by atoms with Gasteiger partial charge in [-0.1, -0.05) is 35.4 Å². The van der Waals surface area contributed by atoms with Crippen LogP contribution in [0.3, 0.4) is 0 Å². The van der Waals surface area contributed by atoms with E-state index in [9.17, 15) is 14.0 Å². The first kappa shape index (κ1) is 18.6. The van der Waals surface area contributed by atoms with Crippen LogP contribution >= 0.6 is 11.6 Å². The molecule has 1 aliphatic heterocycles. The Balaban J connectivity index is 1.67. The Morgan fingerprint density at radius 3 is 2.31 bits per heavy atom. The van der Waals surface area contributed by atoms with Crippen molar-refractivity contribution in [1.82, 2.24) is 4.90 Å². The smallest absolute Gasteiger partial charge is 0.255 e. The SMILES string of the molecule is Cc1ccc(C(=O)C2CCN(C(=O)c3ccc(F)cc3Cl)CC2)c(C)c1. The van der Waals surface area contributed by atoms with Crippen LogP contribution in [0, 0.1) is 25.6 Å². The maximum Gasteiger partial charge on any atom is 0.255 e. The molecular formula is C21H21ClFNO2. The van der Waals surface area contributed by atoms with Crippen molar-refractivity contribution < 1.29 is 14.0 Å². The number of amides is 1. The molecule has 0 bridgehead atoms. The lowest BCUT2D eigenvalue weighted by Crippen LogP contribution is -2.40. The number of carbonyl (C=O) groups is 2. The number of halogens is 2. The van der Waals surface area contributed by atoms with Crippen LogP contribution in [0.25, 0.3) is 0 Å². The Hall–Kier alpha value is -2.20. The third-order valence-corrected chi connectivity index (χ3v) is 5.27. The Labute approximate surface area is 157 Å². The molecule has 1 amide bonds. The van der Waals surface area contributed by atoms with Crippen LogP contribution in [0.4, 0.5) is 4.39 Å². The molecule has 0 aliphatic carbocycles. The molecule has 2 aromatic carbocycles. The van der Waals surface area contributed by atoms with Crippen LogP contribution in [0.5, 0.6) is 0 Å². The highest BCUT2D eigenvalue weighted by molar-refractivity contribution is 6.33. The Morgan fingerprint density at radius 1 is 1.04 bits per heavy atom. The minimum absolute atomic E-state index is 0.0795. The summed E-state index contributed by atoms with van der Waals surface area (Å²) >= 11 is 5.99. The lowest BCUT2D eigenvalue weighted by atomic mass is 9.87. The number of Topliss-reactive ketones (excluding diaryl/α,β-unsaturated/α-hetero) is 1. The number of ketones is 1. The molecule has 2 aromatic rings. The molecular weight excluding hydrogens is 353 g/mol. The van der Waals surface area contributed by atoms with Gasteiger partial charge in [-0.25, -0.2) is 4.39 Å². The van der Waals surface area contributed by atoms with E-state index < -0.39 is 5.82 Å². The van der Waals surface area contributed by atoms with Crippen molar-refractivity contribution in [3.63, 3.8) is 0 Å². The molecule has 1 fully saturated rings. The molecule has 0 N–H and O–H groups in total. The zero-order valence-electron chi connectivity index (χ0n) is 14.9. The second-order valence-corrected chi connectivity index (χ2v) is 7.28. The van der Waals surface area contributed by atoms with E-state index in [1.165, 1.54) is 12.1 Å². The van der Waals surface area contributed by atoms with Gasteiger partial charge in [0.15, 0.2) is 5.78 Å². The van der Waals surface area contributed by atoms with Crippen molar-refractivity contribution in [3.05, 3.63) is 69.5 Å². The van der Waals surface area contributed by atoms with Crippen molar-refractivity contribution in [2.75, 3.05) is 13.1 Å². The molecule has 26 heavy (non-hydrogen) atoms. The standard InChI is InChI=1S/C21H21ClFNO2/c1-13-3-5-17(14(2)11-13)20(25)15-7-9-24(10-8-15)21(26)18-6-4-16(23)12-19(18)22/h3-6,11-12,15H,7-10H2,1-2H3. The molecule has 1 saturated heterocycles. The van der Waals surface area contributed by atoms with Gasteiger partial charge >= 0.3 is 0 Å². The quantitative estimate of drug-likeness (QED) is 0.722. The molecule has 3 nitrogen and oxygen atoms in total. The molecule has 1 aliphatic rings. The fraction of sp³-hybridized carbons (Fsp3) is 0.333. The van der Waals surface area contributed by atoms with E-state index in [4.69, 9.17) is 11.6 Å². The fourth-order valence-corrected chi connectivity index (χ4v) is 3.74. The van der Waals surface area contributed by atoms with Gasteiger partial charge in [0.2, 0.25) is 0 Å². The van der Waals surface area contributed by atoms with Crippen LogP contribution in [0.15, 0.2) is 36.4 Å². The monoisotopic (exact) mass is 373 g/mol. The van der Waals surface area contributed by atoms with Gasteiger partial charge in [0.25, 0.3) is 5.91 Å². The van der Waals surface area contributed by atoms with Crippen molar-refractivity contribution in [3.8, 4) is 0 Å². The van der Waals surface area contributed by atoms with Crippen molar-refractivity contribution in [2.45, 2.75) is 26.7 Å². The predicted octanol–water partition coefficient (Wildman–Crippen LogP) is 4.83. The van der Waals surface area contributed by atoms with E-state index in [2.05, 4.69) is 0 Å². The van der Waals surface area contributed by atoms with Gasteiger partial charge in [-0.15, -0.1) is 0 Å². The van der Waals surface area contributed by atoms with E-state index >= 15 is 0 Å². The van der Waals surface area contributed by atoms with E-state index in [1.54, 1.807) is 4.90 Å². The first-order chi connectivity index (χ1) is 12.4. The zero-order valence-corrected chi connectivity index (χ0v) is 15.6. The summed E-state index contributed by atoms with van der Waals surface area (Å²) in [7, 11) is 0. The van der Waals surface area contributed by atoms with Crippen LogP contribution in [0.2, 0.25) is 5.02 Å². The number of nitrogens with zero attached hydrogens (tertiary/aromatic N) is 1. The topological polar surface area (TPSA) is 37.4 Å². The highest BCUT2D eigenvalue weighted by atomic mass is 35.5. The average molecular weight is 374 g/mol. The van der Waals surface area contributed by atoms with E-state index in [1.807, 2.05) is 32.0 Å². The summed E-state index contributed by atoms with van der Waals surface area (Å²) in [5.74, 6) is -0.615. The summed E-state index contributed by atoms with van der Waals surface area (Å²) in [6.07, 6.45) is 1.24. The van der Waals surface area contributed by atoms with Crippen LogP contribution in [-0.2, 0) is 0 Å². The first-order valence-corrected chi connectivity index (χ1v) is 9.10. The van der Waals surface area contributed by atoms with Crippen LogP contribution < -0.4 is 0 Å². The molecule has 0 saturated carbocycles. The number of rotatable bonds is 3. The number of carbonyl (C=O) groups excluding carboxylic acids is 2. The van der Waals surface area contributed by atoms with Crippen molar-refractivity contribution in [2.24, 2.45) is 5.92 Å². The highest BCUT2D eigenvalue weighted by Crippen LogP contribution is 2.26. The Bertz CT molecular complexity index is 786. The second-order valence-electron chi connectivity index (χ2n) is 6.87. The van der Waals surface area contributed by atoms with E-state index in [0.717, 1.165) is 22.8 Å². The van der Waals surface area contributed by atoms with Gasteiger partial charge in [0.1, 0.15) is 5.82 Å². The normalized spacial score (nSPS) is 15.2. The highest BCUT2D eigenvalue weighted by Gasteiger charge is 2.29. The van der Waals surface area contributed by atoms with Gasteiger partial charge < -0.3 is 4.90 Å². The number of benzene rings is 2. The summed E-state index contributed by atoms with van der Waals surface area (Å²) < 4.78 is 13.2. The molecule has 136 valence electrons. The van der Waals surface area contributed by atoms with Gasteiger partial charge in [0, 0.05) is 24.6 Å². The molecule has 0 spiro atoms. The predicted molar refractivity (Wildman–Crippen MR) is 100 cm³/mol. The fourth-order valence-electron chi connectivity index (χ4n) is 3.49. The molecule has 1 heterocycles. The molecule has 0 atom stereocenters. The number of likely N-dealkylation sites (tertiary alicyclic amines) is 1. The molecule has 5 heteroatoms.